The van der Waals surface area contributed by atoms with Gasteiger partial charge in [-0.3, -0.25) is 0 Å². The molecule has 21 heavy (non-hydrogen) atoms. The van der Waals surface area contributed by atoms with Gasteiger partial charge in [0.25, 0.3) is 0 Å². The van der Waals surface area contributed by atoms with Crippen LogP contribution in [0.4, 0.5) is 0 Å². The second-order valence-corrected chi connectivity index (χ2v) is 5.72. The number of allylic oxidation sites excluding steroid dienone is 1. The van der Waals surface area contributed by atoms with Crippen LogP contribution < -0.4 is 0 Å². The second kappa shape index (κ2) is 7.26. The van der Waals surface area contributed by atoms with Gasteiger partial charge in [-0.25, -0.2) is 0 Å². The summed E-state index contributed by atoms with van der Waals surface area (Å²) in [5.74, 6) is 0. The fourth-order valence-electron chi connectivity index (χ4n) is 2.85. The van der Waals surface area contributed by atoms with Crippen molar-refractivity contribution in [2.75, 3.05) is 0 Å². The third kappa shape index (κ3) is 3.85. The van der Waals surface area contributed by atoms with E-state index in [0.717, 1.165) is 25.7 Å². The fourth-order valence-corrected chi connectivity index (χ4v) is 2.85. The van der Waals surface area contributed by atoms with Crippen molar-refractivity contribution >= 4 is 5.57 Å². The molecule has 0 heterocycles. The number of hydrogen-bond acceptors (Lipinski definition) is 0. The van der Waals surface area contributed by atoms with E-state index in [1.54, 1.807) is 0 Å². The lowest BCUT2D eigenvalue weighted by atomic mass is 9.94. The molecule has 0 radical (unpaired) electrons. The topological polar surface area (TPSA) is 0 Å². The van der Waals surface area contributed by atoms with Gasteiger partial charge in [0, 0.05) is 0 Å². The lowest BCUT2D eigenvalue weighted by Crippen LogP contribution is -1.95. The summed E-state index contributed by atoms with van der Waals surface area (Å²) in [6.07, 6.45) is 4.31. The van der Waals surface area contributed by atoms with Crippen molar-refractivity contribution in [3.05, 3.63) is 76.9 Å². The Hall–Kier alpha value is -1.82. The molecule has 0 fully saturated rings. The third-order valence-corrected chi connectivity index (χ3v) is 4.33. The van der Waals surface area contributed by atoms with Gasteiger partial charge >= 0.3 is 0 Å². The fraction of sp³-hybridized carbons (Fsp3) is 0.333. The maximum absolute atomic E-state index is 4.30. The quantitative estimate of drug-likeness (QED) is 0.629. The molecule has 0 aliphatic rings. The van der Waals surface area contributed by atoms with Gasteiger partial charge in [0.1, 0.15) is 0 Å². The van der Waals surface area contributed by atoms with Gasteiger partial charge in [0.15, 0.2) is 0 Å². The molecule has 0 nitrogen and oxygen atoms in total. The van der Waals surface area contributed by atoms with E-state index in [9.17, 15) is 0 Å². The summed E-state index contributed by atoms with van der Waals surface area (Å²) in [7, 11) is 0. The largest absolute Gasteiger partial charge is 0.0952 e. The molecule has 0 atom stereocenters. The molecule has 2 rings (SSSR count). The molecular weight excluding hydrogens is 252 g/mol. The smallest absolute Gasteiger partial charge is 0.0227 e. The Morgan fingerprint density at radius 1 is 0.905 bits per heavy atom. The van der Waals surface area contributed by atoms with Crippen LogP contribution in [0.15, 0.2) is 49.0 Å². The molecule has 0 heteroatoms. The van der Waals surface area contributed by atoms with Crippen LogP contribution in [0.3, 0.4) is 0 Å². The lowest BCUT2D eigenvalue weighted by molar-refractivity contribution is 0.972. The summed E-state index contributed by atoms with van der Waals surface area (Å²) in [5, 5.41) is 0. The Morgan fingerprint density at radius 3 is 2.24 bits per heavy atom. The van der Waals surface area contributed by atoms with E-state index in [-0.39, 0.29) is 0 Å². The van der Waals surface area contributed by atoms with E-state index in [1.807, 2.05) is 0 Å². The van der Waals surface area contributed by atoms with E-state index in [0.29, 0.717) is 0 Å². The van der Waals surface area contributed by atoms with E-state index >= 15 is 0 Å². The molecule has 0 unspecified atom stereocenters. The first-order valence-corrected chi connectivity index (χ1v) is 8.00. The van der Waals surface area contributed by atoms with Crippen molar-refractivity contribution in [1.82, 2.24) is 0 Å². The van der Waals surface area contributed by atoms with E-state index in [2.05, 4.69) is 69.8 Å². The average Bonchev–Trinajstić information content (AvgIpc) is 2.53. The standard InChI is InChI=1S/C21H26/c1-5-18-9-7-8-10-20(18)13-11-17(4)21-14-12-16(3)19(6-2)15-21/h7-10,12,14-15H,4-6,11,13H2,1-3H3. The van der Waals surface area contributed by atoms with Crippen molar-refractivity contribution in [3.63, 3.8) is 0 Å². The molecule has 0 N–H and O–H groups in total. The van der Waals surface area contributed by atoms with Gasteiger partial charge in [0.2, 0.25) is 0 Å². The normalized spacial score (nSPS) is 10.6. The predicted molar refractivity (Wildman–Crippen MR) is 93.7 cm³/mol. The van der Waals surface area contributed by atoms with E-state index < -0.39 is 0 Å². The van der Waals surface area contributed by atoms with E-state index in [1.165, 1.54) is 33.4 Å². The molecule has 2 aromatic rings. The van der Waals surface area contributed by atoms with Gasteiger partial charge in [0.05, 0.1) is 0 Å². The summed E-state index contributed by atoms with van der Waals surface area (Å²) in [6.45, 7) is 10.9. The molecule has 0 saturated carbocycles. The molecule has 2 aromatic carbocycles. The molecule has 110 valence electrons. The molecule has 0 aromatic heterocycles. The zero-order valence-corrected chi connectivity index (χ0v) is 13.6. The van der Waals surface area contributed by atoms with Crippen LogP contribution in [0.5, 0.6) is 0 Å². The van der Waals surface area contributed by atoms with Crippen LogP contribution in [0.2, 0.25) is 0 Å². The predicted octanol–water partition coefficient (Wildman–Crippen LogP) is 5.77. The Kier molecular flexibility index (Phi) is 5.38. The van der Waals surface area contributed by atoms with Crippen molar-refractivity contribution in [3.8, 4) is 0 Å². The van der Waals surface area contributed by atoms with Gasteiger partial charge in [-0.05, 0) is 66.0 Å². The number of aryl methyl sites for hydroxylation is 4. The van der Waals surface area contributed by atoms with Crippen LogP contribution in [0.1, 0.15) is 48.1 Å². The second-order valence-electron chi connectivity index (χ2n) is 5.72. The Balaban J connectivity index is 2.08. The molecule has 0 spiro atoms. The van der Waals surface area contributed by atoms with Gasteiger partial charge in [-0.15, -0.1) is 0 Å². The zero-order valence-electron chi connectivity index (χ0n) is 13.6. The third-order valence-electron chi connectivity index (χ3n) is 4.33. The minimum Gasteiger partial charge on any atom is -0.0952 e. The van der Waals surface area contributed by atoms with Crippen molar-refractivity contribution < 1.29 is 0 Å². The van der Waals surface area contributed by atoms with Crippen LogP contribution in [0.25, 0.3) is 5.57 Å². The summed E-state index contributed by atoms with van der Waals surface area (Å²) in [5.41, 5.74) is 8.28. The Bertz CT molecular complexity index is 620. The first-order valence-electron chi connectivity index (χ1n) is 8.00. The highest BCUT2D eigenvalue weighted by Gasteiger charge is 2.05. The summed E-state index contributed by atoms with van der Waals surface area (Å²) < 4.78 is 0. The summed E-state index contributed by atoms with van der Waals surface area (Å²) >= 11 is 0. The molecule has 0 bridgehead atoms. The monoisotopic (exact) mass is 278 g/mol. The lowest BCUT2D eigenvalue weighted by Gasteiger charge is -2.11. The first-order chi connectivity index (χ1) is 10.2. The molecule has 0 aliphatic carbocycles. The average molecular weight is 278 g/mol. The molecular formula is C21H26. The number of hydrogen-bond donors (Lipinski definition) is 0. The minimum atomic E-state index is 1.03. The summed E-state index contributed by atoms with van der Waals surface area (Å²) in [4.78, 5) is 0. The highest BCUT2D eigenvalue weighted by molar-refractivity contribution is 5.64. The summed E-state index contributed by atoms with van der Waals surface area (Å²) in [6, 6.07) is 15.5. The van der Waals surface area contributed by atoms with Crippen molar-refractivity contribution in [2.45, 2.75) is 46.5 Å². The highest BCUT2D eigenvalue weighted by Crippen LogP contribution is 2.23. The number of benzene rings is 2. The Labute approximate surface area is 129 Å². The van der Waals surface area contributed by atoms with Gasteiger partial charge in [-0.1, -0.05) is 62.9 Å². The van der Waals surface area contributed by atoms with Gasteiger partial charge < -0.3 is 0 Å². The van der Waals surface area contributed by atoms with Crippen LogP contribution >= 0.6 is 0 Å². The SMILES string of the molecule is C=C(CCc1ccccc1CC)c1ccc(C)c(CC)c1. The Morgan fingerprint density at radius 2 is 1.57 bits per heavy atom. The van der Waals surface area contributed by atoms with Crippen LogP contribution in [-0.4, -0.2) is 0 Å². The van der Waals surface area contributed by atoms with Gasteiger partial charge in [-0.2, -0.15) is 0 Å². The molecule has 0 amide bonds. The van der Waals surface area contributed by atoms with Crippen molar-refractivity contribution in [2.24, 2.45) is 0 Å². The minimum absolute atomic E-state index is 1.03. The molecule has 0 saturated heterocycles. The van der Waals surface area contributed by atoms with Crippen LogP contribution in [-0.2, 0) is 19.3 Å². The first kappa shape index (κ1) is 15.6. The number of rotatable bonds is 6. The molecule has 0 aliphatic heterocycles. The van der Waals surface area contributed by atoms with Crippen LogP contribution in [0, 0.1) is 6.92 Å². The maximum Gasteiger partial charge on any atom is -0.0227 e. The van der Waals surface area contributed by atoms with E-state index in [4.69, 9.17) is 0 Å². The highest BCUT2D eigenvalue weighted by atomic mass is 14.1. The van der Waals surface area contributed by atoms with Crippen molar-refractivity contribution in [1.29, 1.82) is 0 Å². The maximum atomic E-state index is 4.30. The zero-order chi connectivity index (χ0) is 15.2.